The van der Waals surface area contributed by atoms with Gasteiger partial charge in [0, 0.05) is 24.3 Å². The van der Waals surface area contributed by atoms with E-state index in [1.54, 1.807) is 23.0 Å². The molecular formula is C17H17FN6O3S. The third kappa shape index (κ3) is 4.03. The lowest BCUT2D eigenvalue weighted by atomic mass is 10.3. The van der Waals surface area contributed by atoms with Crippen molar-refractivity contribution in [2.75, 3.05) is 5.32 Å². The highest BCUT2D eigenvalue weighted by Gasteiger charge is 2.23. The summed E-state index contributed by atoms with van der Waals surface area (Å²) in [6, 6.07) is 4.07. The van der Waals surface area contributed by atoms with E-state index in [4.69, 9.17) is 0 Å². The molecule has 0 atom stereocenters. The van der Waals surface area contributed by atoms with Crippen LogP contribution in [0, 0.1) is 29.8 Å². The lowest BCUT2D eigenvalue weighted by molar-refractivity contribution is -0.386. The molecule has 0 aliphatic carbocycles. The van der Waals surface area contributed by atoms with Crippen LogP contribution in [0.2, 0.25) is 0 Å². The molecule has 11 heteroatoms. The number of imidazole rings is 1. The summed E-state index contributed by atoms with van der Waals surface area (Å²) in [5, 5.41) is 18.5. The second-order valence-electron chi connectivity index (χ2n) is 6.05. The first-order valence-corrected chi connectivity index (χ1v) is 9.01. The summed E-state index contributed by atoms with van der Waals surface area (Å²) in [7, 11) is 1.83. The van der Waals surface area contributed by atoms with Crippen LogP contribution in [0.4, 0.5) is 15.8 Å². The molecule has 0 unspecified atom stereocenters. The van der Waals surface area contributed by atoms with Crippen molar-refractivity contribution in [3.05, 3.63) is 57.9 Å². The minimum Gasteiger partial charge on any atom is -0.329 e. The van der Waals surface area contributed by atoms with Crippen LogP contribution in [-0.4, -0.2) is 30.2 Å². The van der Waals surface area contributed by atoms with Crippen molar-refractivity contribution < 1.29 is 14.1 Å². The molecule has 1 amide bonds. The number of hydrogen-bond acceptors (Lipinski definition) is 6. The fourth-order valence-electron chi connectivity index (χ4n) is 2.67. The Hall–Kier alpha value is -3.21. The van der Waals surface area contributed by atoms with Crippen molar-refractivity contribution in [2.24, 2.45) is 7.05 Å². The summed E-state index contributed by atoms with van der Waals surface area (Å²) in [5.74, 6) is -0.978. The number of rotatable bonds is 6. The Morgan fingerprint density at radius 1 is 1.39 bits per heavy atom. The Morgan fingerprint density at radius 3 is 2.75 bits per heavy atom. The monoisotopic (exact) mass is 404 g/mol. The van der Waals surface area contributed by atoms with Gasteiger partial charge in [-0.05, 0) is 43.8 Å². The minimum absolute atomic E-state index is 0.121. The maximum Gasteiger partial charge on any atom is 0.312 e. The number of nitrogens with zero attached hydrogens (tertiary/aromatic N) is 5. The number of hydrogen-bond donors (Lipinski definition) is 1. The number of nitrogens with one attached hydrogen (secondary N) is 1. The lowest BCUT2D eigenvalue weighted by Crippen LogP contribution is -2.20. The molecule has 0 spiro atoms. The molecule has 0 aliphatic rings. The van der Waals surface area contributed by atoms with Crippen molar-refractivity contribution in [2.45, 2.75) is 30.4 Å². The van der Waals surface area contributed by atoms with Gasteiger partial charge in [0.15, 0.2) is 5.16 Å². The van der Waals surface area contributed by atoms with Crippen molar-refractivity contribution in [1.82, 2.24) is 19.3 Å². The number of halogens is 1. The van der Waals surface area contributed by atoms with Crippen LogP contribution >= 0.6 is 11.8 Å². The Balaban J connectivity index is 1.81. The highest BCUT2D eigenvalue weighted by molar-refractivity contribution is 7.99. The lowest BCUT2D eigenvalue weighted by Gasteiger charge is -2.11. The van der Waals surface area contributed by atoms with E-state index in [1.807, 2.05) is 7.05 Å². The van der Waals surface area contributed by atoms with Gasteiger partial charge in [-0.3, -0.25) is 19.6 Å². The largest absolute Gasteiger partial charge is 0.329 e. The second kappa shape index (κ2) is 7.80. The second-order valence-corrected chi connectivity index (χ2v) is 7.05. The van der Waals surface area contributed by atoms with Crippen LogP contribution in [0.15, 0.2) is 40.6 Å². The molecule has 3 rings (SSSR count). The smallest absolute Gasteiger partial charge is 0.312 e. The Morgan fingerprint density at radius 2 is 2.14 bits per heavy atom. The predicted molar refractivity (Wildman–Crippen MR) is 101 cm³/mol. The normalized spacial score (nSPS) is 10.9. The molecule has 2 aromatic heterocycles. The summed E-state index contributed by atoms with van der Waals surface area (Å²) in [6.07, 6.45) is 3.42. The summed E-state index contributed by atoms with van der Waals surface area (Å²) in [6.45, 7) is 2.80. The van der Waals surface area contributed by atoms with Crippen molar-refractivity contribution in [1.29, 1.82) is 0 Å². The van der Waals surface area contributed by atoms with Gasteiger partial charge in [0.25, 0.3) is 0 Å². The fourth-order valence-corrected chi connectivity index (χ4v) is 3.54. The van der Waals surface area contributed by atoms with Gasteiger partial charge < -0.3 is 9.88 Å². The molecule has 0 saturated heterocycles. The molecule has 1 aromatic carbocycles. The van der Waals surface area contributed by atoms with Gasteiger partial charge >= 0.3 is 5.69 Å². The van der Waals surface area contributed by atoms with Gasteiger partial charge in [-0.15, -0.1) is 0 Å². The molecule has 146 valence electrons. The SMILES string of the molecule is Cc1nn(CC(=O)Nc2cc(F)ccc2Sc2nccn2C)c(C)c1[N+](=O)[O-]. The fraction of sp³-hybridized carbons (Fsp3) is 0.235. The molecule has 9 nitrogen and oxygen atoms in total. The van der Waals surface area contributed by atoms with Gasteiger partial charge in [0.1, 0.15) is 23.7 Å². The van der Waals surface area contributed by atoms with E-state index in [0.29, 0.717) is 10.1 Å². The number of carbonyl (C=O) groups excluding carboxylic acids is 1. The standard InChI is InChI=1S/C17H17FN6O3S/c1-10-16(24(26)27)11(2)23(21-10)9-15(25)20-13-8-12(18)4-5-14(13)28-17-19-6-7-22(17)3/h4-8H,9H2,1-3H3,(H,20,25). The Kier molecular flexibility index (Phi) is 5.45. The van der Waals surface area contributed by atoms with Crippen LogP contribution in [0.5, 0.6) is 0 Å². The third-order valence-corrected chi connectivity index (χ3v) is 5.17. The van der Waals surface area contributed by atoms with E-state index in [0.717, 1.165) is 0 Å². The van der Waals surface area contributed by atoms with Gasteiger partial charge in [-0.2, -0.15) is 5.10 Å². The van der Waals surface area contributed by atoms with Crippen molar-refractivity contribution >= 4 is 29.0 Å². The van der Waals surface area contributed by atoms with Crippen LogP contribution in [-0.2, 0) is 18.4 Å². The van der Waals surface area contributed by atoms with Gasteiger partial charge in [-0.25, -0.2) is 9.37 Å². The first-order chi connectivity index (χ1) is 13.3. The zero-order valence-electron chi connectivity index (χ0n) is 15.3. The molecule has 0 saturated carbocycles. The average Bonchev–Trinajstić information content (AvgIpc) is 3.13. The highest BCUT2D eigenvalue weighted by Crippen LogP contribution is 2.33. The zero-order chi connectivity index (χ0) is 20.4. The number of anilines is 1. The molecule has 28 heavy (non-hydrogen) atoms. The van der Waals surface area contributed by atoms with Crippen LogP contribution in [0.3, 0.4) is 0 Å². The molecular weight excluding hydrogens is 387 g/mol. The van der Waals surface area contributed by atoms with E-state index in [2.05, 4.69) is 15.4 Å². The summed E-state index contributed by atoms with van der Waals surface area (Å²) in [4.78, 5) is 27.8. The summed E-state index contributed by atoms with van der Waals surface area (Å²) in [5.41, 5.74) is 0.671. The predicted octanol–water partition coefficient (Wildman–Crippen LogP) is 3.07. The summed E-state index contributed by atoms with van der Waals surface area (Å²) < 4.78 is 16.8. The molecule has 0 fully saturated rings. The Labute approximate surface area is 163 Å². The number of aromatic nitrogens is 4. The van der Waals surface area contributed by atoms with Crippen molar-refractivity contribution in [3.63, 3.8) is 0 Å². The number of nitro groups is 1. The molecule has 0 radical (unpaired) electrons. The molecule has 1 N–H and O–H groups in total. The van der Waals surface area contributed by atoms with Gasteiger partial charge in [0.05, 0.1) is 10.6 Å². The Bertz CT molecular complexity index is 1060. The van der Waals surface area contributed by atoms with E-state index in [1.165, 1.54) is 42.4 Å². The van der Waals surface area contributed by atoms with Crippen LogP contribution < -0.4 is 5.32 Å². The molecule has 2 heterocycles. The van der Waals surface area contributed by atoms with Crippen molar-refractivity contribution in [3.8, 4) is 0 Å². The zero-order valence-corrected chi connectivity index (χ0v) is 16.2. The maximum atomic E-state index is 13.7. The van der Waals surface area contributed by atoms with Crippen LogP contribution in [0.25, 0.3) is 0 Å². The quantitative estimate of drug-likeness (QED) is 0.500. The van der Waals surface area contributed by atoms with E-state index in [-0.39, 0.29) is 29.3 Å². The first-order valence-electron chi connectivity index (χ1n) is 8.19. The number of amides is 1. The highest BCUT2D eigenvalue weighted by atomic mass is 32.2. The van der Waals surface area contributed by atoms with E-state index >= 15 is 0 Å². The van der Waals surface area contributed by atoms with E-state index < -0.39 is 16.6 Å². The van der Waals surface area contributed by atoms with Gasteiger partial charge in [0.2, 0.25) is 5.91 Å². The van der Waals surface area contributed by atoms with Crippen LogP contribution in [0.1, 0.15) is 11.4 Å². The van der Waals surface area contributed by atoms with E-state index in [9.17, 15) is 19.3 Å². The molecule has 0 bridgehead atoms. The minimum atomic E-state index is -0.528. The number of carbonyl (C=O) groups is 1. The maximum absolute atomic E-state index is 13.7. The average molecular weight is 404 g/mol. The summed E-state index contributed by atoms with van der Waals surface area (Å²) >= 11 is 1.28. The number of aryl methyl sites for hydroxylation is 2. The van der Waals surface area contributed by atoms with Gasteiger partial charge in [-0.1, -0.05) is 0 Å². The third-order valence-electron chi connectivity index (χ3n) is 4.01. The number of benzene rings is 1. The molecule has 3 aromatic rings. The molecule has 0 aliphatic heterocycles. The topological polar surface area (TPSA) is 108 Å². The first kappa shape index (κ1) is 19.5.